The molecule has 0 aromatic heterocycles. The number of amides is 2. The van der Waals surface area contributed by atoms with Crippen molar-refractivity contribution in [2.75, 3.05) is 13.2 Å². The number of para-hydroxylation sites is 1. The van der Waals surface area contributed by atoms with Crippen molar-refractivity contribution in [3.8, 4) is 5.75 Å². The van der Waals surface area contributed by atoms with Crippen LogP contribution >= 0.6 is 0 Å². The molecule has 0 saturated carbocycles. The first kappa shape index (κ1) is 19.2. The second kappa shape index (κ2) is 9.36. The molecule has 1 N–H and O–H groups in total. The number of carbonyl (C=O) groups excluding carboxylic acids is 3. The lowest BCUT2D eigenvalue weighted by Crippen LogP contribution is -2.34. The summed E-state index contributed by atoms with van der Waals surface area (Å²) in [5.74, 6) is -1.09. The summed E-state index contributed by atoms with van der Waals surface area (Å²) in [6, 6.07) is 15.7. The maximum Gasteiger partial charge on any atom is 0.344 e. The van der Waals surface area contributed by atoms with E-state index < -0.39 is 24.4 Å². The Morgan fingerprint density at radius 1 is 0.923 bits per heavy atom. The van der Waals surface area contributed by atoms with Crippen LogP contribution in [0, 0.1) is 0 Å². The molecule has 0 fully saturated rings. The van der Waals surface area contributed by atoms with E-state index in [1.165, 1.54) is 0 Å². The third-order valence-corrected chi connectivity index (χ3v) is 3.54. The van der Waals surface area contributed by atoms with Crippen LogP contribution in [0.25, 0.3) is 0 Å². The van der Waals surface area contributed by atoms with Gasteiger partial charge in [0.2, 0.25) is 0 Å². The standard InChI is InChI=1S/C20H21NO5/c1-14(2)16-10-6-7-11-17(16)25-13-19(23)26-12-18(22)21-20(24)15-8-4-3-5-9-15/h3-11,14H,12-13H2,1-2H3,(H,21,22,24). The van der Waals surface area contributed by atoms with Gasteiger partial charge in [0.05, 0.1) is 0 Å². The Bertz CT molecular complexity index is 771. The number of carbonyl (C=O) groups is 3. The molecule has 0 radical (unpaired) electrons. The topological polar surface area (TPSA) is 81.7 Å². The van der Waals surface area contributed by atoms with Gasteiger partial charge in [0.15, 0.2) is 13.2 Å². The summed E-state index contributed by atoms with van der Waals surface area (Å²) in [5, 5.41) is 2.15. The fourth-order valence-corrected chi connectivity index (χ4v) is 2.24. The lowest BCUT2D eigenvalue weighted by molar-refractivity contribution is -0.150. The van der Waals surface area contributed by atoms with Crippen LogP contribution in [0.3, 0.4) is 0 Å². The third-order valence-electron chi connectivity index (χ3n) is 3.54. The third kappa shape index (κ3) is 5.73. The van der Waals surface area contributed by atoms with Crippen LogP contribution in [0.2, 0.25) is 0 Å². The van der Waals surface area contributed by atoms with Crippen LogP contribution in [0.15, 0.2) is 54.6 Å². The molecule has 2 aromatic carbocycles. The first-order valence-corrected chi connectivity index (χ1v) is 8.24. The van der Waals surface area contributed by atoms with Crippen molar-refractivity contribution in [3.05, 3.63) is 65.7 Å². The molecule has 26 heavy (non-hydrogen) atoms. The predicted octanol–water partition coefficient (Wildman–Crippen LogP) is 2.69. The number of ether oxygens (including phenoxy) is 2. The molecule has 0 atom stereocenters. The normalized spacial score (nSPS) is 10.3. The molecule has 0 aliphatic carbocycles. The molecule has 2 aromatic rings. The van der Waals surface area contributed by atoms with Crippen LogP contribution in [0.1, 0.15) is 35.7 Å². The zero-order chi connectivity index (χ0) is 18.9. The molecular formula is C20H21NO5. The summed E-state index contributed by atoms with van der Waals surface area (Å²) >= 11 is 0. The van der Waals surface area contributed by atoms with Crippen LogP contribution in [-0.2, 0) is 14.3 Å². The van der Waals surface area contributed by atoms with Crippen molar-refractivity contribution in [1.29, 1.82) is 0 Å². The molecule has 6 nitrogen and oxygen atoms in total. The maximum atomic E-state index is 11.8. The van der Waals surface area contributed by atoms with E-state index in [4.69, 9.17) is 9.47 Å². The van der Waals surface area contributed by atoms with Gasteiger partial charge >= 0.3 is 5.97 Å². The molecule has 6 heteroatoms. The Morgan fingerprint density at radius 3 is 2.27 bits per heavy atom. The number of esters is 1. The van der Waals surface area contributed by atoms with Gasteiger partial charge in [-0.1, -0.05) is 50.2 Å². The van der Waals surface area contributed by atoms with Gasteiger partial charge in [-0.2, -0.15) is 0 Å². The summed E-state index contributed by atoms with van der Waals surface area (Å²) in [6.07, 6.45) is 0. The molecule has 136 valence electrons. The van der Waals surface area contributed by atoms with Crippen LogP contribution in [0.4, 0.5) is 0 Å². The van der Waals surface area contributed by atoms with Gasteiger partial charge < -0.3 is 9.47 Å². The summed E-state index contributed by atoms with van der Waals surface area (Å²) in [4.78, 5) is 35.3. The second-order valence-electron chi connectivity index (χ2n) is 5.89. The lowest BCUT2D eigenvalue weighted by Gasteiger charge is -2.13. The first-order valence-electron chi connectivity index (χ1n) is 8.24. The molecule has 0 spiro atoms. The Labute approximate surface area is 152 Å². The van der Waals surface area contributed by atoms with Gasteiger partial charge in [0.1, 0.15) is 5.75 Å². The molecule has 0 saturated heterocycles. The Kier molecular flexibility index (Phi) is 6.91. The number of hydrogen-bond acceptors (Lipinski definition) is 5. The highest BCUT2D eigenvalue weighted by Gasteiger charge is 2.14. The predicted molar refractivity (Wildman–Crippen MR) is 95.9 cm³/mol. The molecule has 0 aliphatic rings. The summed E-state index contributed by atoms with van der Waals surface area (Å²) in [5.41, 5.74) is 1.33. The van der Waals surface area contributed by atoms with E-state index in [0.717, 1.165) is 5.56 Å². The molecule has 2 amide bonds. The van der Waals surface area contributed by atoms with E-state index >= 15 is 0 Å². The van der Waals surface area contributed by atoms with Crippen molar-refractivity contribution in [1.82, 2.24) is 5.32 Å². The zero-order valence-electron chi connectivity index (χ0n) is 14.7. The van der Waals surface area contributed by atoms with E-state index in [2.05, 4.69) is 5.32 Å². The monoisotopic (exact) mass is 355 g/mol. The molecule has 0 aliphatic heterocycles. The van der Waals surface area contributed by atoms with E-state index in [0.29, 0.717) is 11.3 Å². The average molecular weight is 355 g/mol. The van der Waals surface area contributed by atoms with Crippen LogP contribution in [-0.4, -0.2) is 31.0 Å². The van der Waals surface area contributed by atoms with Gasteiger partial charge in [-0.3, -0.25) is 14.9 Å². The van der Waals surface area contributed by atoms with Crippen molar-refractivity contribution < 1.29 is 23.9 Å². The number of nitrogens with one attached hydrogen (secondary N) is 1. The maximum absolute atomic E-state index is 11.8. The minimum atomic E-state index is -0.699. The SMILES string of the molecule is CC(C)c1ccccc1OCC(=O)OCC(=O)NC(=O)c1ccccc1. The lowest BCUT2D eigenvalue weighted by atomic mass is 10.0. The Hall–Kier alpha value is -3.15. The molecule has 0 unspecified atom stereocenters. The molecule has 2 rings (SSSR count). The summed E-state index contributed by atoms with van der Waals surface area (Å²) in [6.45, 7) is 3.18. The molecular weight excluding hydrogens is 334 g/mol. The number of imide groups is 1. The number of benzene rings is 2. The smallest absolute Gasteiger partial charge is 0.344 e. The highest BCUT2D eigenvalue weighted by molar-refractivity contribution is 6.05. The summed E-state index contributed by atoms with van der Waals surface area (Å²) in [7, 11) is 0. The van der Waals surface area contributed by atoms with Crippen molar-refractivity contribution >= 4 is 17.8 Å². The Morgan fingerprint density at radius 2 is 1.58 bits per heavy atom. The second-order valence-corrected chi connectivity index (χ2v) is 5.89. The fraction of sp³-hybridized carbons (Fsp3) is 0.250. The Balaban J connectivity index is 1.77. The minimum absolute atomic E-state index is 0.247. The van der Waals surface area contributed by atoms with Crippen molar-refractivity contribution in [2.45, 2.75) is 19.8 Å². The number of hydrogen-bond donors (Lipinski definition) is 1. The average Bonchev–Trinajstić information content (AvgIpc) is 2.65. The fourth-order valence-electron chi connectivity index (χ4n) is 2.24. The molecule has 0 bridgehead atoms. The van der Waals surface area contributed by atoms with Gasteiger partial charge in [-0.15, -0.1) is 0 Å². The highest BCUT2D eigenvalue weighted by atomic mass is 16.6. The largest absolute Gasteiger partial charge is 0.482 e. The van der Waals surface area contributed by atoms with E-state index in [9.17, 15) is 14.4 Å². The van der Waals surface area contributed by atoms with E-state index in [1.54, 1.807) is 36.4 Å². The van der Waals surface area contributed by atoms with Crippen molar-refractivity contribution in [2.24, 2.45) is 0 Å². The van der Waals surface area contributed by atoms with Gasteiger partial charge in [0, 0.05) is 5.56 Å². The number of rotatable bonds is 7. The summed E-state index contributed by atoms with van der Waals surface area (Å²) < 4.78 is 10.3. The molecule has 0 heterocycles. The van der Waals surface area contributed by atoms with E-state index in [-0.39, 0.29) is 12.5 Å². The van der Waals surface area contributed by atoms with E-state index in [1.807, 2.05) is 32.0 Å². The van der Waals surface area contributed by atoms with Gasteiger partial charge in [-0.05, 0) is 29.7 Å². The van der Waals surface area contributed by atoms with Gasteiger partial charge in [-0.25, -0.2) is 4.79 Å². The minimum Gasteiger partial charge on any atom is -0.482 e. The van der Waals surface area contributed by atoms with Crippen LogP contribution in [0.5, 0.6) is 5.75 Å². The van der Waals surface area contributed by atoms with Gasteiger partial charge in [0.25, 0.3) is 11.8 Å². The highest BCUT2D eigenvalue weighted by Crippen LogP contribution is 2.25. The van der Waals surface area contributed by atoms with Crippen molar-refractivity contribution in [3.63, 3.8) is 0 Å². The van der Waals surface area contributed by atoms with Crippen LogP contribution < -0.4 is 10.1 Å². The quantitative estimate of drug-likeness (QED) is 0.772. The zero-order valence-corrected chi connectivity index (χ0v) is 14.7. The first-order chi connectivity index (χ1) is 12.5.